The van der Waals surface area contributed by atoms with Crippen molar-refractivity contribution in [2.45, 2.75) is 38.0 Å². The lowest BCUT2D eigenvalue weighted by Crippen LogP contribution is -2.51. The summed E-state index contributed by atoms with van der Waals surface area (Å²) < 4.78 is 19.4. The average Bonchev–Trinajstić information content (AvgIpc) is 2.70. The van der Waals surface area contributed by atoms with Crippen LogP contribution in [-0.4, -0.2) is 41.1 Å². The fraction of sp³-hybridized carbons (Fsp3) is 0.391. The highest BCUT2D eigenvalue weighted by Crippen LogP contribution is 2.29. The van der Waals surface area contributed by atoms with Crippen LogP contribution in [0.5, 0.6) is 0 Å². The lowest BCUT2D eigenvalue weighted by atomic mass is 9.85. The summed E-state index contributed by atoms with van der Waals surface area (Å²) in [6.45, 7) is 0.122. The number of carbonyl (C=O) groups excluding carboxylic acids is 2. The Bertz CT molecular complexity index is 914. The Balaban J connectivity index is 1.47. The van der Waals surface area contributed by atoms with Gasteiger partial charge in [-0.05, 0) is 36.6 Å². The number of amides is 2. The van der Waals surface area contributed by atoms with Crippen LogP contribution in [0, 0.1) is 11.7 Å². The Hall–Kier alpha value is -2.77. The SMILES string of the molecule is O=C(Nc1ccc(C(O)C2COCC(=O)N2Cc2ccccc2F)cc1)C1CCC1. The number of anilines is 1. The third-order valence-corrected chi connectivity index (χ3v) is 5.89. The van der Waals surface area contributed by atoms with Crippen molar-refractivity contribution in [1.29, 1.82) is 0 Å². The number of rotatable bonds is 6. The van der Waals surface area contributed by atoms with Gasteiger partial charge in [-0.25, -0.2) is 4.39 Å². The fourth-order valence-corrected chi connectivity index (χ4v) is 3.80. The Morgan fingerprint density at radius 2 is 1.93 bits per heavy atom. The van der Waals surface area contributed by atoms with E-state index >= 15 is 0 Å². The predicted molar refractivity (Wildman–Crippen MR) is 109 cm³/mol. The van der Waals surface area contributed by atoms with Crippen molar-refractivity contribution in [1.82, 2.24) is 4.90 Å². The molecule has 0 bridgehead atoms. The number of nitrogens with zero attached hydrogens (tertiary/aromatic N) is 1. The number of hydrogen-bond donors (Lipinski definition) is 2. The summed E-state index contributed by atoms with van der Waals surface area (Å²) in [5, 5.41) is 13.8. The highest BCUT2D eigenvalue weighted by atomic mass is 19.1. The maximum absolute atomic E-state index is 14.1. The van der Waals surface area contributed by atoms with Crippen LogP contribution in [0.2, 0.25) is 0 Å². The number of nitrogens with one attached hydrogen (secondary N) is 1. The van der Waals surface area contributed by atoms with Crippen LogP contribution in [0.4, 0.5) is 10.1 Å². The number of aliphatic hydroxyl groups excluding tert-OH is 1. The van der Waals surface area contributed by atoms with Gasteiger partial charge in [-0.2, -0.15) is 0 Å². The highest BCUT2D eigenvalue weighted by molar-refractivity contribution is 5.93. The van der Waals surface area contributed by atoms with Gasteiger partial charge in [0.1, 0.15) is 18.5 Å². The van der Waals surface area contributed by atoms with Crippen LogP contribution in [0.15, 0.2) is 48.5 Å². The van der Waals surface area contributed by atoms with Crippen LogP contribution in [0.1, 0.15) is 36.5 Å². The molecule has 158 valence electrons. The largest absolute Gasteiger partial charge is 0.386 e. The Morgan fingerprint density at radius 1 is 1.20 bits per heavy atom. The van der Waals surface area contributed by atoms with Crippen molar-refractivity contribution >= 4 is 17.5 Å². The standard InChI is InChI=1S/C23H25FN2O4/c24-19-7-2-1-4-17(19)12-26-20(13-30-14-21(26)27)22(28)15-8-10-18(11-9-15)25-23(29)16-5-3-6-16/h1-2,4,7-11,16,20,22,28H,3,5-6,12-14H2,(H,25,29). The van der Waals surface area contributed by atoms with Crippen molar-refractivity contribution < 1.29 is 23.8 Å². The van der Waals surface area contributed by atoms with Gasteiger partial charge in [0.15, 0.2) is 0 Å². The van der Waals surface area contributed by atoms with Crippen LogP contribution < -0.4 is 5.32 Å². The second-order valence-electron chi connectivity index (χ2n) is 7.88. The van der Waals surface area contributed by atoms with Crippen molar-refractivity contribution in [3.63, 3.8) is 0 Å². The molecule has 2 aliphatic rings. The number of benzene rings is 2. The second-order valence-corrected chi connectivity index (χ2v) is 7.88. The van der Waals surface area contributed by atoms with Crippen molar-refractivity contribution in [3.05, 3.63) is 65.5 Å². The molecule has 2 fully saturated rings. The molecular weight excluding hydrogens is 387 g/mol. The van der Waals surface area contributed by atoms with Gasteiger partial charge >= 0.3 is 0 Å². The van der Waals surface area contributed by atoms with Gasteiger partial charge in [-0.1, -0.05) is 36.8 Å². The predicted octanol–water partition coefficient (Wildman–Crippen LogP) is 3.03. The fourth-order valence-electron chi connectivity index (χ4n) is 3.80. The summed E-state index contributed by atoms with van der Waals surface area (Å²) in [6, 6.07) is 12.6. The zero-order chi connectivity index (χ0) is 21.1. The lowest BCUT2D eigenvalue weighted by Gasteiger charge is -2.38. The molecule has 1 saturated heterocycles. The highest BCUT2D eigenvalue weighted by Gasteiger charge is 2.35. The molecule has 6 nitrogen and oxygen atoms in total. The van der Waals surface area contributed by atoms with E-state index in [1.54, 1.807) is 42.5 Å². The van der Waals surface area contributed by atoms with E-state index in [2.05, 4.69) is 5.32 Å². The Morgan fingerprint density at radius 3 is 2.60 bits per heavy atom. The molecule has 2 aromatic carbocycles. The normalized spacial score (nSPS) is 20.5. The van der Waals surface area contributed by atoms with Gasteiger partial charge in [0.25, 0.3) is 0 Å². The molecule has 2 aromatic rings. The number of aliphatic hydroxyl groups is 1. The van der Waals surface area contributed by atoms with Crippen LogP contribution in [0.3, 0.4) is 0 Å². The molecular formula is C23H25FN2O4. The summed E-state index contributed by atoms with van der Waals surface area (Å²) >= 11 is 0. The number of morpholine rings is 1. The first kappa shape index (κ1) is 20.5. The van der Waals surface area contributed by atoms with Crippen LogP contribution in [0.25, 0.3) is 0 Å². The van der Waals surface area contributed by atoms with E-state index in [1.807, 2.05) is 0 Å². The van der Waals surface area contributed by atoms with Gasteiger partial charge in [0, 0.05) is 23.7 Å². The molecule has 0 spiro atoms. The van der Waals surface area contributed by atoms with E-state index in [0.717, 1.165) is 19.3 Å². The van der Waals surface area contributed by atoms with E-state index < -0.39 is 18.0 Å². The molecule has 7 heteroatoms. The smallest absolute Gasteiger partial charge is 0.249 e. The summed E-state index contributed by atoms with van der Waals surface area (Å²) in [4.78, 5) is 26.0. The van der Waals surface area contributed by atoms with Gasteiger partial charge in [0.2, 0.25) is 11.8 Å². The minimum Gasteiger partial charge on any atom is -0.386 e. The minimum atomic E-state index is -1.00. The molecule has 0 aromatic heterocycles. The number of halogens is 1. The van der Waals surface area contributed by atoms with E-state index in [9.17, 15) is 19.1 Å². The topological polar surface area (TPSA) is 78.9 Å². The zero-order valence-electron chi connectivity index (χ0n) is 16.6. The molecule has 1 aliphatic carbocycles. The van der Waals surface area contributed by atoms with E-state index in [4.69, 9.17) is 4.74 Å². The van der Waals surface area contributed by atoms with Crippen molar-refractivity contribution in [3.8, 4) is 0 Å². The van der Waals surface area contributed by atoms with E-state index in [-0.39, 0.29) is 37.5 Å². The molecule has 1 saturated carbocycles. The molecule has 2 unspecified atom stereocenters. The molecule has 30 heavy (non-hydrogen) atoms. The summed E-state index contributed by atoms with van der Waals surface area (Å²) in [5.41, 5.74) is 1.65. The summed E-state index contributed by atoms with van der Waals surface area (Å²) in [7, 11) is 0. The molecule has 2 N–H and O–H groups in total. The van der Waals surface area contributed by atoms with Crippen molar-refractivity contribution in [2.24, 2.45) is 5.92 Å². The maximum atomic E-state index is 14.1. The van der Waals surface area contributed by atoms with Crippen LogP contribution >= 0.6 is 0 Å². The quantitative estimate of drug-likeness (QED) is 0.765. The maximum Gasteiger partial charge on any atom is 0.249 e. The molecule has 0 radical (unpaired) electrons. The lowest BCUT2D eigenvalue weighted by molar-refractivity contribution is -0.155. The van der Waals surface area contributed by atoms with Gasteiger partial charge < -0.3 is 20.1 Å². The van der Waals surface area contributed by atoms with E-state index in [1.165, 1.54) is 11.0 Å². The Kier molecular flexibility index (Phi) is 6.11. The van der Waals surface area contributed by atoms with Crippen LogP contribution in [-0.2, 0) is 20.9 Å². The molecule has 1 heterocycles. The first-order valence-corrected chi connectivity index (χ1v) is 10.2. The monoisotopic (exact) mass is 412 g/mol. The number of hydrogen-bond acceptors (Lipinski definition) is 4. The van der Waals surface area contributed by atoms with Gasteiger partial charge in [0.05, 0.1) is 12.6 Å². The second kappa shape index (κ2) is 8.93. The average molecular weight is 412 g/mol. The third-order valence-electron chi connectivity index (χ3n) is 5.89. The molecule has 4 rings (SSSR count). The first-order valence-electron chi connectivity index (χ1n) is 10.2. The van der Waals surface area contributed by atoms with Gasteiger partial charge in [-0.3, -0.25) is 9.59 Å². The van der Waals surface area contributed by atoms with E-state index in [0.29, 0.717) is 16.8 Å². The summed E-state index contributed by atoms with van der Waals surface area (Å²) in [6.07, 6.45) is 1.94. The number of carbonyl (C=O) groups is 2. The molecule has 1 aliphatic heterocycles. The summed E-state index contributed by atoms with van der Waals surface area (Å²) in [5.74, 6) is -0.570. The Labute approximate surface area is 174 Å². The van der Waals surface area contributed by atoms with Crippen molar-refractivity contribution in [2.75, 3.05) is 18.5 Å². The number of ether oxygens (including phenoxy) is 1. The molecule has 2 amide bonds. The first-order chi connectivity index (χ1) is 14.5. The van der Waals surface area contributed by atoms with Gasteiger partial charge in [-0.15, -0.1) is 0 Å². The minimum absolute atomic E-state index is 0.0249. The third kappa shape index (κ3) is 4.37. The zero-order valence-corrected chi connectivity index (χ0v) is 16.6. The molecule has 2 atom stereocenters.